The van der Waals surface area contributed by atoms with Gasteiger partial charge in [0.2, 0.25) is 0 Å². The SMILES string of the molecule is Fc1ccc2c(c1)SC1(CCNCC1)C2. The maximum atomic E-state index is 13.1. The summed E-state index contributed by atoms with van der Waals surface area (Å²) in [5.74, 6) is -0.104. The van der Waals surface area contributed by atoms with E-state index in [4.69, 9.17) is 0 Å². The standard InChI is InChI=1S/C12H14FNS/c13-10-2-1-9-8-12(15-11(9)7-10)3-5-14-6-4-12/h1-2,7,14H,3-6,8H2. The van der Waals surface area contributed by atoms with E-state index in [0.29, 0.717) is 4.75 Å². The summed E-state index contributed by atoms with van der Waals surface area (Å²) in [7, 11) is 0. The fourth-order valence-corrected chi connectivity index (χ4v) is 4.09. The Kier molecular flexibility index (Phi) is 2.25. The Morgan fingerprint density at radius 2 is 2.07 bits per heavy atom. The molecule has 3 heteroatoms. The van der Waals surface area contributed by atoms with E-state index < -0.39 is 0 Å². The first-order chi connectivity index (χ1) is 7.27. The molecule has 1 nitrogen and oxygen atoms in total. The molecule has 0 unspecified atom stereocenters. The Morgan fingerprint density at radius 1 is 1.27 bits per heavy atom. The van der Waals surface area contributed by atoms with Crippen LogP contribution in [0.2, 0.25) is 0 Å². The summed E-state index contributed by atoms with van der Waals surface area (Å²) in [4.78, 5) is 1.16. The van der Waals surface area contributed by atoms with Crippen LogP contribution in [0.1, 0.15) is 18.4 Å². The maximum Gasteiger partial charge on any atom is 0.124 e. The van der Waals surface area contributed by atoms with Gasteiger partial charge >= 0.3 is 0 Å². The highest BCUT2D eigenvalue weighted by Crippen LogP contribution is 2.49. The Labute approximate surface area is 93.4 Å². The van der Waals surface area contributed by atoms with E-state index >= 15 is 0 Å². The third kappa shape index (κ3) is 1.68. The maximum absolute atomic E-state index is 13.1. The van der Waals surface area contributed by atoms with Crippen molar-refractivity contribution in [1.82, 2.24) is 5.32 Å². The second-order valence-electron chi connectivity index (χ2n) is 4.46. The second-order valence-corrected chi connectivity index (χ2v) is 5.97. The van der Waals surface area contributed by atoms with Gasteiger partial charge in [-0.1, -0.05) is 6.07 Å². The molecule has 0 radical (unpaired) electrons. The van der Waals surface area contributed by atoms with Crippen molar-refractivity contribution >= 4 is 11.8 Å². The molecule has 3 rings (SSSR count). The van der Waals surface area contributed by atoms with Crippen LogP contribution in [0.15, 0.2) is 23.1 Å². The highest BCUT2D eigenvalue weighted by atomic mass is 32.2. The van der Waals surface area contributed by atoms with Crippen LogP contribution in [0.4, 0.5) is 4.39 Å². The Hall–Kier alpha value is -0.540. The molecule has 1 N–H and O–H groups in total. The van der Waals surface area contributed by atoms with Crippen molar-refractivity contribution in [2.45, 2.75) is 28.9 Å². The average Bonchev–Trinajstić information content (AvgIpc) is 2.56. The largest absolute Gasteiger partial charge is 0.317 e. The molecule has 2 heterocycles. The van der Waals surface area contributed by atoms with E-state index in [1.165, 1.54) is 18.4 Å². The molecule has 0 saturated carbocycles. The molecule has 2 aliphatic rings. The second kappa shape index (κ2) is 3.49. The van der Waals surface area contributed by atoms with E-state index in [0.717, 1.165) is 24.4 Å². The van der Waals surface area contributed by atoms with Crippen LogP contribution in [0.3, 0.4) is 0 Å². The van der Waals surface area contributed by atoms with E-state index in [1.54, 1.807) is 12.1 Å². The van der Waals surface area contributed by atoms with Gasteiger partial charge in [-0.25, -0.2) is 4.39 Å². The van der Waals surface area contributed by atoms with Gasteiger partial charge in [-0.3, -0.25) is 0 Å². The van der Waals surface area contributed by atoms with Crippen LogP contribution in [0.25, 0.3) is 0 Å². The summed E-state index contributed by atoms with van der Waals surface area (Å²) < 4.78 is 13.5. The Morgan fingerprint density at radius 3 is 2.87 bits per heavy atom. The van der Waals surface area contributed by atoms with Crippen LogP contribution >= 0.6 is 11.8 Å². The van der Waals surface area contributed by atoms with E-state index in [-0.39, 0.29) is 5.82 Å². The lowest BCUT2D eigenvalue weighted by atomic mass is 9.90. The van der Waals surface area contributed by atoms with Crippen molar-refractivity contribution in [3.63, 3.8) is 0 Å². The molecule has 0 atom stereocenters. The number of thioether (sulfide) groups is 1. The number of piperidine rings is 1. The van der Waals surface area contributed by atoms with Crippen LogP contribution < -0.4 is 5.32 Å². The topological polar surface area (TPSA) is 12.0 Å². The molecule has 2 aliphatic heterocycles. The summed E-state index contributed by atoms with van der Waals surface area (Å²) in [5, 5.41) is 3.39. The molecule has 80 valence electrons. The summed E-state index contributed by atoms with van der Waals surface area (Å²) in [6.07, 6.45) is 3.52. The third-order valence-corrected chi connectivity index (χ3v) is 4.97. The smallest absolute Gasteiger partial charge is 0.124 e. The van der Waals surface area contributed by atoms with Crippen molar-refractivity contribution in [1.29, 1.82) is 0 Å². The van der Waals surface area contributed by atoms with Gasteiger partial charge in [0.1, 0.15) is 5.82 Å². The van der Waals surface area contributed by atoms with E-state index in [9.17, 15) is 4.39 Å². The first-order valence-corrected chi connectivity index (χ1v) is 6.27. The molecule has 0 amide bonds. The zero-order chi connectivity index (χ0) is 10.3. The van der Waals surface area contributed by atoms with Gasteiger partial charge in [-0.2, -0.15) is 0 Å². The minimum absolute atomic E-state index is 0.104. The predicted molar refractivity (Wildman–Crippen MR) is 60.8 cm³/mol. The molecule has 1 saturated heterocycles. The quantitative estimate of drug-likeness (QED) is 0.725. The predicted octanol–water partition coefficient (Wildman–Crippen LogP) is 2.60. The number of hydrogen-bond acceptors (Lipinski definition) is 2. The van der Waals surface area contributed by atoms with Crippen molar-refractivity contribution < 1.29 is 4.39 Å². The van der Waals surface area contributed by atoms with Crippen LogP contribution in [-0.2, 0) is 6.42 Å². The minimum Gasteiger partial charge on any atom is -0.317 e. The molecule has 1 aromatic rings. The van der Waals surface area contributed by atoms with Crippen LogP contribution in [0.5, 0.6) is 0 Å². The number of nitrogens with one attached hydrogen (secondary N) is 1. The number of halogens is 1. The Bertz CT molecular complexity index is 385. The van der Waals surface area contributed by atoms with Gasteiger partial charge in [0.15, 0.2) is 0 Å². The lowest BCUT2D eigenvalue weighted by Crippen LogP contribution is -2.39. The normalized spacial score (nSPS) is 23.0. The summed E-state index contributed by atoms with van der Waals surface area (Å²) in [6, 6.07) is 5.23. The number of hydrogen-bond donors (Lipinski definition) is 1. The van der Waals surface area contributed by atoms with Crippen LogP contribution in [-0.4, -0.2) is 17.8 Å². The minimum atomic E-state index is -0.104. The highest BCUT2D eigenvalue weighted by Gasteiger charge is 2.39. The monoisotopic (exact) mass is 223 g/mol. The lowest BCUT2D eigenvalue weighted by Gasteiger charge is -2.32. The molecular weight excluding hydrogens is 209 g/mol. The molecule has 0 aromatic heterocycles. The zero-order valence-electron chi connectivity index (χ0n) is 8.55. The van der Waals surface area contributed by atoms with Crippen LogP contribution in [0, 0.1) is 5.82 Å². The molecule has 1 fully saturated rings. The molecular formula is C12H14FNS. The van der Waals surface area contributed by atoms with Crippen molar-refractivity contribution in [3.05, 3.63) is 29.6 Å². The van der Waals surface area contributed by atoms with E-state index in [1.807, 2.05) is 17.8 Å². The summed E-state index contributed by atoms with van der Waals surface area (Å²) in [6.45, 7) is 2.20. The fraction of sp³-hybridized carbons (Fsp3) is 0.500. The molecule has 0 bridgehead atoms. The van der Waals surface area contributed by atoms with E-state index in [2.05, 4.69) is 5.32 Å². The third-order valence-electron chi connectivity index (χ3n) is 3.38. The summed E-state index contributed by atoms with van der Waals surface area (Å²) in [5.41, 5.74) is 1.34. The van der Waals surface area contributed by atoms with Crippen molar-refractivity contribution in [2.75, 3.05) is 13.1 Å². The zero-order valence-corrected chi connectivity index (χ0v) is 9.37. The van der Waals surface area contributed by atoms with Gasteiger partial charge in [-0.05, 0) is 50.0 Å². The van der Waals surface area contributed by atoms with Gasteiger partial charge in [0.05, 0.1) is 0 Å². The van der Waals surface area contributed by atoms with Crippen molar-refractivity contribution in [3.8, 4) is 0 Å². The lowest BCUT2D eigenvalue weighted by molar-refractivity contribution is 0.417. The number of fused-ring (bicyclic) bond motifs is 1. The van der Waals surface area contributed by atoms with Crippen molar-refractivity contribution in [2.24, 2.45) is 0 Å². The molecule has 15 heavy (non-hydrogen) atoms. The average molecular weight is 223 g/mol. The Balaban J connectivity index is 1.90. The van der Waals surface area contributed by atoms with Gasteiger partial charge in [0.25, 0.3) is 0 Å². The van der Waals surface area contributed by atoms with Gasteiger partial charge in [-0.15, -0.1) is 11.8 Å². The molecule has 0 aliphatic carbocycles. The number of rotatable bonds is 0. The number of benzene rings is 1. The van der Waals surface area contributed by atoms with Gasteiger partial charge in [0, 0.05) is 9.64 Å². The first kappa shape index (κ1) is 9.67. The molecule has 1 aromatic carbocycles. The van der Waals surface area contributed by atoms with Gasteiger partial charge < -0.3 is 5.32 Å². The fourth-order valence-electron chi connectivity index (χ4n) is 2.55. The molecule has 1 spiro atoms. The summed E-state index contributed by atoms with van der Waals surface area (Å²) >= 11 is 1.89. The highest BCUT2D eigenvalue weighted by molar-refractivity contribution is 8.01. The first-order valence-electron chi connectivity index (χ1n) is 5.46.